The largest absolute Gasteiger partial charge is 0.493 e. The summed E-state index contributed by atoms with van der Waals surface area (Å²) in [6, 6.07) is 11.5. The monoisotopic (exact) mass is 438 g/mol. The molecule has 0 bridgehead atoms. The van der Waals surface area contributed by atoms with E-state index < -0.39 is 0 Å². The van der Waals surface area contributed by atoms with Gasteiger partial charge in [0, 0.05) is 23.5 Å². The quantitative estimate of drug-likeness (QED) is 0.326. The van der Waals surface area contributed by atoms with Crippen LogP contribution in [0.3, 0.4) is 0 Å². The number of rotatable bonds is 7. The Morgan fingerprint density at radius 2 is 1.97 bits per heavy atom. The Kier molecular flexibility index (Phi) is 6.03. The maximum absolute atomic E-state index is 13.6. The molecule has 0 aliphatic carbocycles. The van der Waals surface area contributed by atoms with Gasteiger partial charge in [0.2, 0.25) is 5.91 Å². The summed E-state index contributed by atoms with van der Waals surface area (Å²) in [6.07, 6.45) is 3.20. The normalized spacial score (nSPS) is 10.8. The van der Waals surface area contributed by atoms with Crippen molar-refractivity contribution in [3.8, 4) is 22.6 Å². The fourth-order valence-electron chi connectivity index (χ4n) is 3.15. The van der Waals surface area contributed by atoms with Crippen molar-refractivity contribution >= 4 is 34.4 Å². The third-order valence-electron chi connectivity index (χ3n) is 4.57. The minimum atomic E-state index is -0.317. The number of carbonyl (C=O) groups is 1. The maximum Gasteiger partial charge on any atom is 0.234 e. The lowest BCUT2D eigenvalue weighted by Crippen LogP contribution is -2.14. The molecule has 0 unspecified atom stereocenters. The minimum absolute atomic E-state index is 0.148. The lowest BCUT2D eigenvalue weighted by Gasteiger charge is -2.10. The summed E-state index contributed by atoms with van der Waals surface area (Å²) in [5.74, 6) is 0.749. The lowest BCUT2D eigenvalue weighted by molar-refractivity contribution is -0.113. The fourth-order valence-corrected chi connectivity index (χ4v) is 3.91. The fraction of sp³-hybridized carbons (Fsp3) is 0.136. The van der Waals surface area contributed by atoms with Gasteiger partial charge in [0.1, 0.15) is 22.7 Å². The number of thioether (sulfide) groups is 1. The molecule has 2 N–H and O–H groups in total. The Morgan fingerprint density at radius 3 is 2.74 bits per heavy atom. The van der Waals surface area contributed by atoms with Gasteiger partial charge >= 0.3 is 0 Å². The van der Waals surface area contributed by atoms with Crippen LogP contribution in [0.2, 0.25) is 0 Å². The van der Waals surface area contributed by atoms with E-state index in [1.165, 1.54) is 37.3 Å². The van der Waals surface area contributed by atoms with Crippen molar-refractivity contribution in [1.29, 1.82) is 0 Å². The second-order valence-corrected chi connectivity index (χ2v) is 7.49. The van der Waals surface area contributed by atoms with E-state index in [2.05, 4.69) is 20.3 Å². The van der Waals surface area contributed by atoms with Crippen LogP contribution >= 0.6 is 11.8 Å². The molecule has 4 rings (SSSR count). The molecule has 158 valence electrons. The van der Waals surface area contributed by atoms with Gasteiger partial charge in [0.05, 0.1) is 25.5 Å². The SMILES string of the molecule is COc1ccc(NC(=O)CSc2ncnc3c(-c4cccc(F)c4)c[nH]c23)cc1OC. The van der Waals surface area contributed by atoms with Gasteiger partial charge in [0.25, 0.3) is 0 Å². The molecule has 2 aromatic heterocycles. The van der Waals surface area contributed by atoms with E-state index in [0.29, 0.717) is 38.8 Å². The summed E-state index contributed by atoms with van der Waals surface area (Å²) in [6.45, 7) is 0. The number of hydrogen-bond acceptors (Lipinski definition) is 6. The van der Waals surface area contributed by atoms with Crippen LogP contribution in [0.1, 0.15) is 0 Å². The van der Waals surface area contributed by atoms with Crippen molar-refractivity contribution in [2.24, 2.45) is 0 Å². The number of amides is 1. The molecule has 0 saturated carbocycles. The molecule has 2 aromatic carbocycles. The van der Waals surface area contributed by atoms with Crippen molar-refractivity contribution in [2.45, 2.75) is 5.03 Å². The van der Waals surface area contributed by atoms with Crippen LogP contribution in [0.4, 0.5) is 10.1 Å². The highest BCUT2D eigenvalue weighted by Gasteiger charge is 2.14. The van der Waals surface area contributed by atoms with Gasteiger partial charge in [-0.2, -0.15) is 0 Å². The molecule has 0 aliphatic heterocycles. The Hall–Kier alpha value is -3.59. The number of hydrogen-bond donors (Lipinski definition) is 2. The van der Waals surface area contributed by atoms with E-state index >= 15 is 0 Å². The number of nitrogens with zero attached hydrogens (tertiary/aromatic N) is 2. The molecular formula is C22H19FN4O3S. The Bertz CT molecular complexity index is 1240. The molecule has 0 saturated heterocycles. The Labute approximate surface area is 182 Å². The Morgan fingerprint density at radius 1 is 1.13 bits per heavy atom. The molecule has 9 heteroatoms. The first-order valence-corrected chi connectivity index (χ1v) is 10.3. The molecule has 7 nitrogen and oxygen atoms in total. The van der Waals surface area contributed by atoms with E-state index in [4.69, 9.17) is 9.47 Å². The first-order valence-electron chi connectivity index (χ1n) is 9.31. The summed E-state index contributed by atoms with van der Waals surface area (Å²) in [5, 5.41) is 3.47. The predicted octanol–water partition coefficient (Wildman–Crippen LogP) is 4.51. The van der Waals surface area contributed by atoms with Crippen LogP contribution in [0.25, 0.3) is 22.2 Å². The van der Waals surface area contributed by atoms with Gasteiger partial charge < -0.3 is 19.8 Å². The van der Waals surface area contributed by atoms with Gasteiger partial charge in [-0.05, 0) is 29.8 Å². The number of nitrogens with one attached hydrogen (secondary N) is 2. The van der Waals surface area contributed by atoms with Crippen LogP contribution in [-0.2, 0) is 4.79 Å². The number of ether oxygens (including phenoxy) is 2. The van der Waals surface area contributed by atoms with Crippen LogP contribution in [-0.4, -0.2) is 40.8 Å². The predicted molar refractivity (Wildman–Crippen MR) is 118 cm³/mol. The van der Waals surface area contributed by atoms with Gasteiger partial charge in [-0.1, -0.05) is 23.9 Å². The van der Waals surface area contributed by atoms with Crippen molar-refractivity contribution in [3.05, 3.63) is 60.8 Å². The molecule has 0 atom stereocenters. The van der Waals surface area contributed by atoms with Gasteiger partial charge in [-0.25, -0.2) is 14.4 Å². The minimum Gasteiger partial charge on any atom is -0.493 e. The van der Waals surface area contributed by atoms with Crippen LogP contribution in [0.5, 0.6) is 11.5 Å². The summed E-state index contributed by atoms with van der Waals surface area (Å²) in [4.78, 5) is 24.2. The number of H-pyrrole nitrogens is 1. The van der Waals surface area contributed by atoms with Crippen LogP contribution in [0.15, 0.2) is 60.0 Å². The van der Waals surface area contributed by atoms with E-state index in [1.54, 1.807) is 37.6 Å². The third kappa shape index (κ3) is 4.46. The molecule has 4 aromatic rings. The zero-order valence-electron chi connectivity index (χ0n) is 16.8. The van der Waals surface area contributed by atoms with E-state index in [9.17, 15) is 9.18 Å². The highest BCUT2D eigenvalue weighted by Crippen LogP contribution is 2.32. The average molecular weight is 438 g/mol. The first kappa shape index (κ1) is 20.7. The average Bonchev–Trinajstić information content (AvgIpc) is 3.22. The molecule has 1 amide bonds. The zero-order valence-corrected chi connectivity index (χ0v) is 17.6. The van der Waals surface area contributed by atoms with Crippen LogP contribution < -0.4 is 14.8 Å². The number of aromatic amines is 1. The molecule has 2 heterocycles. The van der Waals surface area contributed by atoms with Crippen molar-refractivity contribution in [3.63, 3.8) is 0 Å². The lowest BCUT2D eigenvalue weighted by atomic mass is 10.1. The molecule has 0 aliphatic rings. The Balaban J connectivity index is 1.49. The van der Waals surface area contributed by atoms with Gasteiger partial charge in [0.15, 0.2) is 11.5 Å². The number of halogens is 1. The maximum atomic E-state index is 13.6. The summed E-state index contributed by atoms with van der Waals surface area (Å²) in [5.41, 5.74) is 3.46. The zero-order chi connectivity index (χ0) is 21.8. The summed E-state index contributed by atoms with van der Waals surface area (Å²) < 4.78 is 24.1. The van der Waals surface area contributed by atoms with Crippen molar-refractivity contribution < 1.29 is 18.7 Å². The van der Waals surface area contributed by atoms with Crippen LogP contribution in [0, 0.1) is 5.82 Å². The topological polar surface area (TPSA) is 89.1 Å². The second kappa shape index (κ2) is 9.05. The number of methoxy groups -OCH3 is 2. The highest BCUT2D eigenvalue weighted by atomic mass is 32.2. The number of aromatic nitrogens is 3. The third-order valence-corrected chi connectivity index (χ3v) is 5.56. The second-order valence-electron chi connectivity index (χ2n) is 6.52. The van der Waals surface area contributed by atoms with E-state index in [0.717, 1.165) is 5.56 Å². The smallest absolute Gasteiger partial charge is 0.234 e. The van der Waals surface area contributed by atoms with E-state index in [1.807, 2.05) is 6.07 Å². The van der Waals surface area contributed by atoms with E-state index in [-0.39, 0.29) is 17.5 Å². The number of benzene rings is 2. The number of fused-ring (bicyclic) bond motifs is 1. The summed E-state index contributed by atoms with van der Waals surface area (Å²) in [7, 11) is 3.09. The molecule has 0 spiro atoms. The molecule has 0 radical (unpaired) electrons. The molecule has 0 fully saturated rings. The van der Waals surface area contributed by atoms with Crippen molar-refractivity contribution in [1.82, 2.24) is 15.0 Å². The number of carbonyl (C=O) groups excluding carboxylic acids is 1. The highest BCUT2D eigenvalue weighted by molar-refractivity contribution is 8.00. The van der Waals surface area contributed by atoms with Crippen molar-refractivity contribution in [2.75, 3.05) is 25.3 Å². The molecule has 31 heavy (non-hydrogen) atoms. The molecular weight excluding hydrogens is 419 g/mol. The number of anilines is 1. The standard InChI is InChI=1S/C22H19FN4O3S/c1-29-17-7-6-15(9-18(17)30-2)27-19(28)11-31-22-21-20(25-12-26-22)16(10-24-21)13-4-3-5-14(23)8-13/h3-10,12,24H,11H2,1-2H3,(H,27,28). The first-order chi connectivity index (χ1) is 15.1. The van der Waals surface area contributed by atoms with Gasteiger partial charge in [-0.3, -0.25) is 4.79 Å². The summed E-state index contributed by atoms with van der Waals surface area (Å²) >= 11 is 1.28. The van der Waals surface area contributed by atoms with Gasteiger partial charge in [-0.15, -0.1) is 0 Å².